The van der Waals surface area contributed by atoms with Gasteiger partial charge in [-0.15, -0.1) is 0 Å². The summed E-state index contributed by atoms with van der Waals surface area (Å²) in [7, 11) is 0. The minimum atomic E-state index is -0.363. The molecule has 1 aliphatic heterocycles. The molecule has 1 atom stereocenters. The van der Waals surface area contributed by atoms with Crippen molar-refractivity contribution in [3.8, 4) is 5.69 Å². The molecule has 30 heavy (non-hydrogen) atoms. The van der Waals surface area contributed by atoms with Gasteiger partial charge in [-0.1, -0.05) is 26.0 Å². The lowest BCUT2D eigenvalue weighted by Crippen LogP contribution is -2.37. The van der Waals surface area contributed by atoms with Crippen molar-refractivity contribution in [3.05, 3.63) is 59.5 Å². The molecule has 0 spiro atoms. The van der Waals surface area contributed by atoms with Gasteiger partial charge in [-0.25, -0.2) is 14.5 Å². The van der Waals surface area contributed by atoms with Gasteiger partial charge in [0.1, 0.15) is 12.4 Å². The van der Waals surface area contributed by atoms with Crippen molar-refractivity contribution in [3.63, 3.8) is 0 Å². The predicted octanol–water partition coefficient (Wildman–Crippen LogP) is 3.87. The molecule has 1 aliphatic rings. The van der Waals surface area contributed by atoms with Gasteiger partial charge in [-0.05, 0) is 49.6 Å². The molecule has 0 bridgehead atoms. The van der Waals surface area contributed by atoms with Gasteiger partial charge in [0.05, 0.1) is 17.4 Å². The van der Waals surface area contributed by atoms with Crippen LogP contribution in [0.5, 0.6) is 0 Å². The van der Waals surface area contributed by atoms with Crippen molar-refractivity contribution >= 4 is 17.9 Å². The Labute approximate surface area is 175 Å². The van der Waals surface area contributed by atoms with E-state index in [9.17, 15) is 4.79 Å². The van der Waals surface area contributed by atoms with Crippen LogP contribution in [0.4, 0.5) is 16.6 Å². The van der Waals surface area contributed by atoms with Crippen LogP contribution in [0.3, 0.4) is 0 Å². The normalized spacial score (nSPS) is 16.2. The number of carbonyl (C=O) groups excluding carboxylic acids is 1. The average Bonchev–Trinajstić information content (AvgIpc) is 3.28. The number of hydrogen-bond acceptors (Lipinski definition) is 6. The molecule has 0 radical (unpaired) electrons. The van der Waals surface area contributed by atoms with E-state index < -0.39 is 0 Å². The summed E-state index contributed by atoms with van der Waals surface area (Å²) in [6, 6.07) is 11.9. The Morgan fingerprint density at radius 1 is 1.20 bits per heavy atom. The number of rotatable bonds is 6. The Morgan fingerprint density at radius 3 is 2.63 bits per heavy atom. The van der Waals surface area contributed by atoms with E-state index in [-0.39, 0.29) is 18.1 Å². The van der Waals surface area contributed by atoms with E-state index in [1.165, 1.54) is 0 Å². The summed E-state index contributed by atoms with van der Waals surface area (Å²) in [5, 5.41) is 7.75. The molecule has 1 amide bonds. The highest BCUT2D eigenvalue weighted by molar-refractivity contribution is 5.89. The minimum Gasteiger partial charge on any atom is -0.447 e. The van der Waals surface area contributed by atoms with Crippen LogP contribution in [0.15, 0.2) is 42.6 Å². The number of nitrogens with zero attached hydrogens (tertiary/aromatic N) is 5. The van der Waals surface area contributed by atoms with Gasteiger partial charge in [-0.3, -0.25) is 4.90 Å². The number of benzene rings is 1. The van der Waals surface area contributed by atoms with Gasteiger partial charge >= 0.3 is 6.09 Å². The zero-order valence-electron chi connectivity index (χ0n) is 17.7. The highest BCUT2D eigenvalue weighted by atomic mass is 16.6. The molecule has 8 heteroatoms. The van der Waals surface area contributed by atoms with E-state index in [0.29, 0.717) is 24.9 Å². The monoisotopic (exact) mass is 406 g/mol. The minimum absolute atomic E-state index is 0.0258. The van der Waals surface area contributed by atoms with Gasteiger partial charge in [0.25, 0.3) is 0 Å². The standard InChI is InChI=1S/C22H26N6O2/c1-14(2)19-13-30-22(29)27(19)20-9-10-23-21(25-20)24-12-17-5-7-18(8-6-17)28-16(4)11-15(3)26-28/h5-11,14,19H,12-13H2,1-4H3,(H,23,24,25). The first-order valence-electron chi connectivity index (χ1n) is 10.1. The summed E-state index contributed by atoms with van der Waals surface area (Å²) in [6.45, 7) is 9.11. The summed E-state index contributed by atoms with van der Waals surface area (Å²) in [5.41, 5.74) is 4.21. The first-order valence-corrected chi connectivity index (χ1v) is 10.1. The Kier molecular flexibility index (Phi) is 5.39. The first kappa shape index (κ1) is 19.9. The second kappa shape index (κ2) is 8.14. The molecule has 1 aromatic carbocycles. The highest BCUT2D eigenvalue weighted by Gasteiger charge is 2.37. The number of ether oxygens (including phenoxy) is 1. The fourth-order valence-corrected chi connectivity index (χ4v) is 3.59. The molecule has 1 N–H and O–H groups in total. The molecule has 8 nitrogen and oxygen atoms in total. The van der Waals surface area contributed by atoms with Crippen LogP contribution < -0.4 is 10.2 Å². The zero-order chi connectivity index (χ0) is 21.3. The van der Waals surface area contributed by atoms with Crippen molar-refractivity contribution in [2.75, 3.05) is 16.8 Å². The number of cyclic esters (lactones) is 1. The van der Waals surface area contributed by atoms with Crippen molar-refractivity contribution in [1.82, 2.24) is 19.7 Å². The first-order chi connectivity index (χ1) is 14.4. The summed E-state index contributed by atoms with van der Waals surface area (Å²) in [4.78, 5) is 22.6. The molecule has 3 aromatic rings. The largest absolute Gasteiger partial charge is 0.447 e. The molecule has 1 fully saturated rings. The van der Waals surface area contributed by atoms with Crippen molar-refractivity contribution in [2.24, 2.45) is 5.92 Å². The number of amides is 1. The maximum absolute atomic E-state index is 12.2. The van der Waals surface area contributed by atoms with Crippen LogP contribution in [0.1, 0.15) is 30.8 Å². The van der Waals surface area contributed by atoms with Gasteiger partial charge in [0.15, 0.2) is 0 Å². The SMILES string of the molecule is Cc1cc(C)n(-c2ccc(CNc3nccc(N4C(=O)OCC4C(C)C)n3)cc2)n1. The summed E-state index contributed by atoms with van der Waals surface area (Å²) >= 11 is 0. The smallest absolute Gasteiger partial charge is 0.415 e. The number of hydrogen-bond donors (Lipinski definition) is 1. The Morgan fingerprint density at radius 2 is 1.97 bits per heavy atom. The van der Waals surface area contributed by atoms with Crippen LogP contribution in [-0.4, -0.2) is 38.5 Å². The summed E-state index contributed by atoms with van der Waals surface area (Å²) in [6.07, 6.45) is 1.29. The maximum atomic E-state index is 12.2. The molecule has 0 aliphatic carbocycles. The topological polar surface area (TPSA) is 85.2 Å². The quantitative estimate of drug-likeness (QED) is 0.669. The van der Waals surface area contributed by atoms with E-state index in [4.69, 9.17) is 4.74 Å². The molecule has 1 saturated heterocycles. The Balaban J connectivity index is 1.45. The van der Waals surface area contributed by atoms with E-state index in [0.717, 1.165) is 22.6 Å². The third-order valence-corrected chi connectivity index (χ3v) is 5.20. The van der Waals surface area contributed by atoms with Gasteiger partial charge < -0.3 is 10.1 Å². The van der Waals surface area contributed by atoms with E-state index in [2.05, 4.69) is 52.4 Å². The number of nitrogens with one attached hydrogen (secondary N) is 1. The number of aryl methyl sites for hydroxylation is 2. The van der Waals surface area contributed by atoms with Crippen LogP contribution in [-0.2, 0) is 11.3 Å². The van der Waals surface area contributed by atoms with Crippen molar-refractivity contribution in [2.45, 2.75) is 40.3 Å². The Hall–Kier alpha value is -3.42. The molecule has 4 rings (SSSR count). The lowest BCUT2D eigenvalue weighted by atomic mass is 10.0. The fraction of sp³-hybridized carbons (Fsp3) is 0.364. The van der Waals surface area contributed by atoms with Crippen LogP contribution in [0.25, 0.3) is 5.69 Å². The summed E-state index contributed by atoms with van der Waals surface area (Å²) in [5.74, 6) is 1.29. The lowest BCUT2D eigenvalue weighted by Gasteiger charge is -2.23. The molecule has 156 valence electrons. The zero-order valence-corrected chi connectivity index (χ0v) is 17.7. The molecule has 3 heterocycles. The van der Waals surface area contributed by atoms with Gasteiger partial charge in [-0.2, -0.15) is 10.1 Å². The van der Waals surface area contributed by atoms with E-state index in [1.807, 2.05) is 30.7 Å². The van der Waals surface area contributed by atoms with Crippen LogP contribution in [0, 0.1) is 19.8 Å². The van der Waals surface area contributed by atoms with Crippen molar-refractivity contribution in [1.29, 1.82) is 0 Å². The van der Waals surface area contributed by atoms with Gasteiger partial charge in [0.2, 0.25) is 5.95 Å². The number of aromatic nitrogens is 4. The second-order valence-electron chi connectivity index (χ2n) is 7.86. The molecular formula is C22H26N6O2. The molecule has 2 aromatic heterocycles. The molecular weight excluding hydrogens is 380 g/mol. The fourth-order valence-electron chi connectivity index (χ4n) is 3.59. The second-order valence-corrected chi connectivity index (χ2v) is 7.86. The number of anilines is 2. The average molecular weight is 406 g/mol. The molecule has 0 saturated carbocycles. The van der Waals surface area contributed by atoms with Crippen LogP contribution in [0.2, 0.25) is 0 Å². The van der Waals surface area contributed by atoms with E-state index >= 15 is 0 Å². The summed E-state index contributed by atoms with van der Waals surface area (Å²) < 4.78 is 7.15. The Bertz CT molecular complexity index is 1040. The highest BCUT2D eigenvalue weighted by Crippen LogP contribution is 2.26. The van der Waals surface area contributed by atoms with Gasteiger partial charge in [0, 0.05) is 18.4 Å². The van der Waals surface area contributed by atoms with Crippen molar-refractivity contribution < 1.29 is 9.53 Å². The lowest BCUT2D eigenvalue weighted by molar-refractivity contribution is 0.177. The van der Waals surface area contributed by atoms with E-state index in [1.54, 1.807) is 17.2 Å². The van der Waals surface area contributed by atoms with Crippen LogP contribution >= 0.6 is 0 Å². The molecule has 1 unspecified atom stereocenters. The predicted molar refractivity (Wildman–Crippen MR) is 115 cm³/mol. The number of carbonyl (C=O) groups is 1. The maximum Gasteiger partial charge on any atom is 0.415 e. The third kappa shape index (κ3) is 3.98. The third-order valence-electron chi connectivity index (χ3n) is 5.20.